The first-order valence-corrected chi connectivity index (χ1v) is 12.6. The SMILES string of the molecule is CC(C)(C(=O)OCC(=O)N1CCN(S(=O)(=O)c2ccc3ccccc3c2)CC1)c1ccccc1. The van der Waals surface area contributed by atoms with Gasteiger partial charge in [-0.25, -0.2) is 8.42 Å². The van der Waals surface area contributed by atoms with E-state index in [2.05, 4.69) is 0 Å². The van der Waals surface area contributed by atoms with Crippen molar-refractivity contribution in [1.82, 2.24) is 9.21 Å². The molecule has 0 atom stereocenters. The summed E-state index contributed by atoms with van der Waals surface area (Å²) in [5.74, 6) is -0.815. The molecule has 1 amide bonds. The molecule has 1 heterocycles. The number of benzene rings is 3. The molecule has 0 unspecified atom stereocenters. The number of ether oxygens (including phenoxy) is 1. The van der Waals surface area contributed by atoms with Crippen molar-refractivity contribution in [3.63, 3.8) is 0 Å². The largest absolute Gasteiger partial charge is 0.455 e. The number of rotatable bonds is 6. The number of carbonyl (C=O) groups excluding carboxylic acids is 2. The van der Waals surface area contributed by atoms with Crippen molar-refractivity contribution in [3.05, 3.63) is 78.4 Å². The van der Waals surface area contributed by atoms with E-state index in [1.807, 2.05) is 54.6 Å². The molecule has 0 aliphatic carbocycles. The fourth-order valence-corrected chi connectivity index (χ4v) is 5.48. The molecule has 0 spiro atoms. The lowest BCUT2D eigenvalue weighted by atomic mass is 9.85. The van der Waals surface area contributed by atoms with E-state index in [0.29, 0.717) is 0 Å². The van der Waals surface area contributed by atoms with E-state index in [4.69, 9.17) is 4.74 Å². The van der Waals surface area contributed by atoms with Gasteiger partial charge in [0.15, 0.2) is 6.61 Å². The third-order valence-electron chi connectivity index (χ3n) is 6.28. The van der Waals surface area contributed by atoms with Gasteiger partial charge in [0.2, 0.25) is 10.0 Å². The molecule has 8 heteroatoms. The minimum absolute atomic E-state index is 0.185. The molecule has 0 N–H and O–H groups in total. The summed E-state index contributed by atoms with van der Waals surface area (Å²) in [5.41, 5.74) is -0.0753. The van der Waals surface area contributed by atoms with Crippen LogP contribution < -0.4 is 0 Å². The first kappa shape index (κ1) is 23.9. The summed E-state index contributed by atoms with van der Waals surface area (Å²) in [7, 11) is -3.67. The Bertz CT molecular complexity index is 1300. The monoisotopic (exact) mass is 480 g/mol. The molecule has 34 heavy (non-hydrogen) atoms. The fourth-order valence-electron chi connectivity index (χ4n) is 4.03. The molecular formula is C26H28N2O5S. The van der Waals surface area contributed by atoms with Gasteiger partial charge in [-0.3, -0.25) is 9.59 Å². The van der Waals surface area contributed by atoms with Crippen molar-refractivity contribution < 1.29 is 22.7 Å². The minimum atomic E-state index is -3.67. The van der Waals surface area contributed by atoms with Crippen LogP contribution in [0.4, 0.5) is 0 Å². The summed E-state index contributed by atoms with van der Waals surface area (Å²) in [6.07, 6.45) is 0. The van der Waals surface area contributed by atoms with Crippen molar-refractivity contribution in [2.75, 3.05) is 32.8 Å². The molecule has 3 aromatic carbocycles. The lowest BCUT2D eigenvalue weighted by Gasteiger charge is -2.34. The molecule has 0 aromatic heterocycles. The Kier molecular flexibility index (Phi) is 6.72. The van der Waals surface area contributed by atoms with Crippen LogP contribution in [0.15, 0.2) is 77.7 Å². The van der Waals surface area contributed by atoms with E-state index >= 15 is 0 Å². The average molecular weight is 481 g/mol. The van der Waals surface area contributed by atoms with Gasteiger partial charge in [-0.1, -0.05) is 60.7 Å². The van der Waals surface area contributed by atoms with E-state index in [1.54, 1.807) is 32.0 Å². The number of esters is 1. The quantitative estimate of drug-likeness (QED) is 0.506. The molecule has 4 rings (SSSR count). The zero-order chi connectivity index (χ0) is 24.3. The maximum absolute atomic E-state index is 13.1. The number of nitrogens with zero attached hydrogens (tertiary/aromatic N) is 2. The zero-order valence-electron chi connectivity index (χ0n) is 19.3. The second kappa shape index (κ2) is 9.56. The highest BCUT2D eigenvalue weighted by Gasteiger charge is 2.34. The second-order valence-corrected chi connectivity index (χ2v) is 10.8. The van der Waals surface area contributed by atoms with Crippen molar-refractivity contribution in [1.29, 1.82) is 0 Å². The standard InChI is InChI=1S/C26H28N2O5S/c1-26(2,22-10-4-3-5-11-22)25(30)33-19-24(29)27-14-16-28(17-15-27)34(31,32)23-13-12-20-8-6-7-9-21(20)18-23/h3-13,18H,14-17,19H2,1-2H3. The Labute approximate surface area is 200 Å². The highest BCUT2D eigenvalue weighted by molar-refractivity contribution is 7.89. The number of hydrogen-bond acceptors (Lipinski definition) is 5. The van der Waals surface area contributed by atoms with Gasteiger partial charge < -0.3 is 9.64 Å². The van der Waals surface area contributed by atoms with Crippen LogP contribution in [-0.4, -0.2) is 62.3 Å². The van der Waals surface area contributed by atoms with Crippen molar-refractivity contribution in [3.8, 4) is 0 Å². The number of amides is 1. The first-order valence-electron chi connectivity index (χ1n) is 11.2. The van der Waals surface area contributed by atoms with Crippen molar-refractivity contribution in [2.45, 2.75) is 24.2 Å². The van der Waals surface area contributed by atoms with Gasteiger partial charge in [0.25, 0.3) is 5.91 Å². The predicted octanol–water partition coefficient (Wildman–Crippen LogP) is 3.19. The van der Waals surface area contributed by atoms with Crippen LogP contribution in [0.25, 0.3) is 10.8 Å². The number of piperazine rings is 1. The second-order valence-electron chi connectivity index (χ2n) is 8.86. The van der Waals surface area contributed by atoms with Gasteiger partial charge in [0.1, 0.15) is 0 Å². The molecule has 1 aliphatic heterocycles. The Morgan fingerprint density at radius 3 is 2.15 bits per heavy atom. The van der Waals surface area contributed by atoms with Gasteiger partial charge in [0.05, 0.1) is 10.3 Å². The predicted molar refractivity (Wildman–Crippen MR) is 130 cm³/mol. The number of sulfonamides is 1. The van der Waals surface area contributed by atoms with Crippen molar-refractivity contribution >= 4 is 32.7 Å². The lowest BCUT2D eigenvalue weighted by molar-refractivity contribution is -0.156. The Hall–Kier alpha value is -3.23. The highest BCUT2D eigenvalue weighted by atomic mass is 32.2. The lowest BCUT2D eigenvalue weighted by Crippen LogP contribution is -2.51. The smallest absolute Gasteiger partial charge is 0.316 e. The van der Waals surface area contributed by atoms with Crippen LogP contribution in [0.3, 0.4) is 0 Å². The molecule has 178 valence electrons. The molecule has 0 radical (unpaired) electrons. The number of fused-ring (bicyclic) bond motifs is 1. The van der Waals surface area contributed by atoms with Gasteiger partial charge >= 0.3 is 5.97 Å². The molecular weight excluding hydrogens is 452 g/mol. The van der Waals surface area contributed by atoms with Gasteiger partial charge in [-0.15, -0.1) is 0 Å². The normalized spacial score (nSPS) is 15.3. The number of carbonyl (C=O) groups is 2. The molecule has 1 aliphatic rings. The van der Waals surface area contributed by atoms with E-state index in [0.717, 1.165) is 16.3 Å². The molecule has 3 aromatic rings. The summed E-state index contributed by atoms with van der Waals surface area (Å²) in [6.45, 7) is 3.99. The van der Waals surface area contributed by atoms with E-state index < -0.39 is 21.4 Å². The first-order chi connectivity index (χ1) is 16.2. The van der Waals surface area contributed by atoms with E-state index in [-0.39, 0.29) is 43.6 Å². The van der Waals surface area contributed by atoms with Crippen LogP contribution in [0.1, 0.15) is 19.4 Å². The summed E-state index contributed by atoms with van der Waals surface area (Å²) in [5, 5.41) is 1.83. The topological polar surface area (TPSA) is 84.0 Å². The van der Waals surface area contributed by atoms with Gasteiger partial charge in [-0.2, -0.15) is 4.31 Å². The third-order valence-corrected chi connectivity index (χ3v) is 8.18. The summed E-state index contributed by atoms with van der Waals surface area (Å²) in [4.78, 5) is 27.0. The van der Waals surface area contributed by atoms with Crippen molar-refractivity contribution in [2.24, 2.45) is 0 Å². The maximum atomic E-state index is 13.1. The fraction of sp³-hybridized carbons (Fsp3) is 0.308. The Morgan fingerprint density at radius 2 is 1.47 bits per heavy atom. The molecule has 0 saturated carbocycles. The summed E-state index contributed by atoms with van der Waals surface area (Å²) < 4.78 is 33.0. The molecule has 1 fully saturated rings. The third kappa shape index (κ3) is 4.83. The molecule has 0 bridgehead atoms. The van der Waals surface area contributed by atoms with E-state index in [1.165, 1.54) is 9.21 Å². The molecule has 7 nitrogen and oxygen atoms in total. The van der Waals surface area contributed by atoms with Gasteiger partial charge in [0, 0.05) is 26.2 Å². The van der Waals surface area contributed by atoms with Crippen LogP contribution in [0.2, 0.25) is 0 Å². The summed E-state index contributed by atoms with van der Waals surface area (Å²) in [6, 6.07) is 21.9. The van der Waals surface area contributed by atoms with E-state index in [9.17, 15) is 18.0 Å². The van der Waals surface area contributed by atoms with Crippen LogP contribution >= 0.6 is 0 Å². The average Bonchev–Trinajstić information content (AvgIpc) is 2.87. The number of hydrogen-bond donors (Lipinski definition) is 0. The van der Waals surface area contributed by atoms with Crippen LogP contribution in [-0.2, 0) is 29.8 Å². The zero-order valence-corrected chi connectivity index (χ0v) is 20.1. The van der Waals surface area contributed by atoms with Crippen LogP contribution in [0, 0.1) is 0 Å². The maximum Gasteiger partial charge on any atom is 0.316 e. The summed E-state index contributed by atoms with van der Waals surface area (Å²) >= 11 is 0. The Morgan fingerprint density at radius 1 is 0.853 bits per heavy atom. The van der Waals surface area contributed by atoms with Crippen LogP contribution in [0.5, 0.6) is 0 Å². The molecule has 1 saturated heterocycles. The highest BCUT2D eigenvalue weighted by Crippen LogP contribution is 2.25. The minimum Gasteiger partial charge on any atom is -0.455 e. The Balaban J connectivity index is 1.34. The van der Waals surface area contributed by atoms with Gasteiger partial charge in [-0.05, 0) is 42.3 Å².